The number of rotatable bonds is 5. The third-order valence-electron chi connectivity index (χ3n) is 4.26. The molecule has 1 unspecified atom stereocenters. The van der Waals surface area contributed by atoms with Crippen LogP contribution in [0, 0.1) is 11.3 Å². The Bertz CT molecular complexity index is 846. The Labute approximate surface area is 146 Å². The van der Waals surface area contributed by atoms with Crippen LogP contribution in [0.4, 0.5) is 0 Å². The lowest BCUT2D eigenvalue weighted by Crippen LogP contribution is -2.32. The molecular weight excluding hydrogens is 316 g/mol. The molecule has 0 bridgehead atoms. The van der Waals surface area contributed by atoms with Crippen LogP contribution in [0.3, 0.4) is 0 Å². The number of hydrogen-bond acceptors (Lipinski definition) is 4. The third kappa shape index (κ3) is 4.17. The molecule has 1 N–H and O–H groups in total. The van der Waals surface area contributed by atoms with Crippen LogP contribution in [0.25, 0.3) is 16.8 Å². The number of carbonyl (C=O) groups is 1. The van der Waals surface area contributed by atoms with Gasteiger partial charge in [-0.2, -0.15) is 5.26 Å². The van der Waals surface area contributed by atoms with Crippen LogP contribution in [0.2, 0.25) is 0 Å². The Morgan fingerprint density at radius 3 is 2.88 bits per heavy atom. The second kappa shape index (κ2) is 7.82. The van der Waals surface area contributed by atoms with Crippen molar-refractivity contribution in [1.29, 1.82) is 5.26 Å². The molecule has 2 aromatic carbocycles. The Kier molecular flexibility index (Phi) is 5.32. The standard InChI is InChI=1S/C20H20N2O3/c1-24-18-7-6-15-9-14(4-5-16(15)11-18)10-17(12-21)20(23)22-13-19-3-2-8-25-19/h4-7,9-11,19H,2-3,8,13H2,1H3,(H,22,23)/b17-10+. The quantitative estimate of drug-likeness (QED) is 0.673. The maximum atomic E-state index is 12.2. The van der Waals surface area contributed by atoms with Gasteiger partial charge in [0.05, 0.1) is 13.2 Å². The molecule has 1 amide bonds. The van der Waals surface area contributed by atoms with Crippen LogP contribution in [-0.4, -0.2) is 32.3 Å². The zero-order valence-corrected chi connectivity index (χ0v) is 14.1. The largest absolute Gasteiger partial charge is 0.497 e. The summed E-state index contributed by atoms with van der Waals surface area (Å²) in [5.41, 5.74) is 0.896. The fraction of sp³-hybridized carbons (Fsp3) is 0.300. The first-order chi connectivity index (χ1) is 12.2. The molecule has 0 spiro atoms. The van der Waals surface area contributed by atoms with Gasteiger partial charge in [-0.1, -0.05) is 18.2 Å². The maximum Gasteiger partial charge on any atom is 0.262 e. The molecule has 0 aromatic heterocycles. The van der Waals surface area contributed by atoms with Crippen molar-refractivity contribution in [3.8, 4) is 11.8 Å². The predicted molar refractivity (Wildman–Crippen MR) is 96.1 cm³/mol. The van der Waals surface area contributed by atoms with Gasteiger partial charge >= 0.3 is 0 Å². The van der Waals surface area contributed by atoms with Gasteiger partial charge in [0, 0.05) is 13.2 Å². The molecule has 0 saturated carbocycles. The average Bonchev–Trinajstić information content (AvgIpc) is 3.17. The van der Waals surface area contributed by atoms with Crippen molar-refractivity contribution in [3.63, 3.8) is 0 Å². The van der Waals surface area contributed by atoms with Gasteiger partial charge < -0.3 is 14.8 Å². The Hall–Kier alpha value is -2.84. The lowest BCUT2D eigenvalue weighted by Gasteiger charge is -2.10. The van der Waals surface area contributed by atoms with E-state index in [1.807, 2.05) is 42.5 Å². The summed E-state index contributed by atoms with van der Waals surface area (Å²) in [4.78, 5) is 12.2. The van der Waals surface area contributed by atoms with Crippen molar-refractivity contribution in [1.82, 2.24) is 5.32 Å². The zero-order chi connectivity index (χ0) is 17.6. The lowest BCUT2D eigenvalue weighted by molar-refractivity contribution is -0.117. The van der Waals surface area contributed by atoms with Crippen LogP contribution < -0.4 is 10.1 Å². The predicted octanol–water partition coefficient (Wildman–Crippen LogP) is 3.05. The van der Waals surface area contributed by atoms with E-state index in [-0.39, 0.29) is 17.6 Å². The average molecular weight is 336 g/mol. The van der Waals surface area contributed by atoms with Gasteiger partial charge in [0.15, 0.2) is 0 Å². The highest BCUT2D eigenvalue weighted by atomic mass is 16.5. The Morgan fingerprint density at radius 1 is 1.36 bits per heavy atom. The van der Waals surface area contributed by atoms with Crippen LogP contribution in [0.15, 0.2) is 42.0 Å². The first kappa shape index (κ1) is 17.0. The van der Waals surface area contributed by atoms with Crippen LogP contribution >= 0.6 is 0 Å². The minimum atomic E-state index is -0.368. The lowest BCUT2D eigenvalue weighted by atomic mass is 10.0. The molecule has 1 heterocycles. The minimum absolute atomic E-state index is 0.0551. The van der Waals surface area contributed by atoms with E-state index in [1.165, 1.54) is 0 Å². The van der Waals surface area contributed by atoms with Gasteiger partial charge in [0.1, 0.15) is 17.4 Å². The summed E-state index contributed by atoms with van der Waals surface area (Å²) in [5, 5.41) is 14.1. The SMILES string of the molecule is COc1ccc2cc(/C=C(\C#N)C(=O)NCC3CCCO3)ccc2c1. The highest BCUT2D eigenvalue weighted by Gasteiger charge is 2.17. The number of nitriles is 1. The number of amides is 1. The van der Waals surface area contributed by atoms with E-state index >= 15 is 0 Å². The zero-order valence-electron chi connectivity index (χ0n) is 14.1. The van der Waals surface area contributed by atoms with Crippen molar-refractivity contribution in [2.45, 2.75) is 18.9 Å². The Morgan fingerprint density at radius 2 is 2.16 bits per heavy atom. The van der Waals surface area contributed by atoms with Crippen molar-refractivity contribution in [2.24, 2.45) is 0 Å². The van der Waals surface area contributed by atoms with E-state index < -0.39 is 0 Å². The second-order valence-corrected chi connectivity index (χ2v) is 5.99. The van der Waals surface area contributed by atoms with Crippen LogP contribution in [0.5, 0.6) is 5.75 Å². The van der Waals surface area contributed by atoms with Crippen LogP contribution in [0.1, 0.15) is 18.4 Å². The molecule has 0 radical (unpaired) electrons. The summed E-state index contributed by atoms with van der Waals surface area (Å²) in [6.45, 7) is 1.18. The van der Waals surface area contributed by atoms with Crippen LogP contribution in [-0.2, 0) is 9.53 Å². The molecule has 1 aliphatic rings. The van der Waals surface area contributed by atoms with Gasteiger partial charge in [-0.15, -0.1) is 0 Å². The fourth-order valence-corrected chi connectivity index (χ4v) is 2.88. The molecule has 128 valence electrons. The fourth-order valence-electron chi connectivity index (χ4n) is 2.88. The van der Waals surface area contributed by atoms with E-state index in [0.29, 0.717) is 6.54 Å². The molecule has 5 nitrogen and oxygen atoms in total. The summed E-state index contributed by atoms with van der Waals surface area (Å²) >= 11 is 0. The van der Waals surface area contributed by atoms with E-state index in [9.17, 15) is 10.1 Å². The monoisotopic (exact) mass is 336 g/mol. The summed E-state index contributed by atoms with van der Waals surface area (Å²) in [5.74, 6) is 0.426. The minimum Gasteiger partial charge on any atom is -0.497 e. The van der Waals surface area contributed by atoms with Gasteiger partial charge in [-0.05, 0) is 53.5 Å². The number of hydrogen-bond donors (Lipinski definition) is 1. The van der Waals surface area contributed by atoms with Crippen molar-refractivity contribution >= 4 is 22.8 Å². The number of fused-ring (bicyclic) bond motifs is 1. The van der Waals surface area contributed by atoms with Crippen molar-refractivity contribution in [2.75, 3.05) is 20.3 Å². The summed E-state index contributed by atoms with van der Waals surface area (Å²) in [7, 11) is 1.63. The smallest absolute Gasteiger partial charge is 0.262 e. The molecule has 1 atom stereocenters. The van der Waals surface area contributed by atoms with E-state index in [0.717, 1.165) is 41.5 Å². The van der Waals surface area contributed by atoms with Gasteiger partial charge in [0.2, 0.25) is 0 Å². The molecule has 1 saturated heterocycles. The summed E-state index contributed by atoms with van der Waals surface area (Å²) in [6.07, 6.45) is 3.62. The number of carbonyl (C=O) groups excluding carboxylic acids is 1. The first-order valence-corrected chi connectivity index (χ1v) is 8.29. The molecule has 2 aromatic rings. The number of nitrogens with zero attached hydrogens (tertiary/aromatic N) is 1. The van der Waals surface area contributed by atoms with Gasteiger partial charge in [-0.3, -0.25) is 4.79 Å². The number of nitrogens with one attached hydrogen (secondary N) is 1. The number of benzene rings is 2. The Balaban J connectivity index is 1.75. The summed E-state index contributed by atoms with van der Waals surface area (Å²) < 4.78 is 10.7. The van der Waals surface area contributed by atoms with E-state index in [4.69, 9.17) is 9.47 Å². The molecule has 0 aliphatic carbocycles. The maximum absolute atomic E-state index is 12.2. The molecule has 25 heavy (non-hydrogen) atoms. The summed E-state index contributed by atoms with van der Waals surface area (Å²) in [6, 6.07) is 13.5. The second-order valence-electron chi connectivity index (χ2n) is 5.99. The third-order valence-corrected chi connectivity index (χ3v) is 4.26. The molecule has 1 fully saturated rings. The van der Waals surface area contributed by atoms with Crippen molar-refractivity contribution < 1.29 is 14.3 Å². The molecule has 5 heteroatoms. The molecule has 3 rings (SSSR count). The van der Waals surface area contributed by atoms with Crippen molar-refractivity contribution in [3.05, 3.63) is 47.5 Å². The normalized spacial score (nSPS) is 17.3. The molecular formula is C20H20N2O3. The number of ether oxygens (including phenoxy) is 2. The van der Waals surface area contributed by atoms with Gasteiger partial charge in [0.25, 0.3) is 5.91 Å². The van der Waals surface area contributed by atoms with E-state index in [2.05, 4.69) is 5.32 Å². The molecule has 1 aliphatic heterocycles. The highest BCUT2D eigenvalue weighted by Crippen LogP contribution is 2.22. The number of methoxy groups -OCH3 is 1. The van der Waals surface area contributed by atoms with E-state index in [1.54, 1.807) is 13.2 Å². The highest BCUT2D eigenvalue weighted by molar-refractivity contribution is 6.02. The van der Waals surface area contributed by atoms with Gasteiger partial charge in [-0.25, -0.2) is 0 Å². The topological polar surface area (TPSA) is 71.3 Å². The first-order valence-electron chi connectivity index (χ1n) is 8.29.